The van der Waals surface area contributed by atoms with Gasteiger partial charge in [0.25, 0.3) is 0 Å². The third-order valence-electron chi connectivity index (χ3n) is 3.30. The van der Waals surface area contributed by atoms with E-state index in [9.17, 15) is 5.11 Å². The highest BCUT2D eigenvalue weighted by molar-refractivity contribution is 6.18. The molecule has 3 radical (unpaired) electrons. The number of hydrogen-bond donors (Lipinski definition) is 1. The van der Waals surface area contributed by atoms with Crippen LogP contribution in [0.25, 0.3) is 0 Å². The van der Waals surface area contributed by atoms with E-state index in [4.69, 9.17) is 35.3 Å². The summed E-state index contributed by atoms with van der Waals surface area (Å²) in [6, 6.07) is 0. The Labute approximate surface area is 174 Å². The zero-order valence-corrected chi connectivity index (χ0v) is 19.1. The van der Waals surface area contributed by atoms with Crippen LogP contribution in [0.1, 0.15) is 41.5 Å². The van der Waals surface area contributed by atoms with Crippen LogP contribution in [0.2, 0.25) is 0 Å². The second-order valence-electron chi connectivity index (χ2n) is 6.72. The minimum atomic E-state index is -0.463. The molecule has 0 fully saturated rings. The largest absolute Gasteiger partial charge is 0.391 e. The minimum Gasteiger partial charge on any atom is -0.391 e. The lowest BCUT2D eigenvalue weighted by Gasteiger charge is -2.22. The fourth-order valence-electron chi connectivity index (χ4n) is 1.74. The summed E-state index contributed by atoms with van der Waals surface area (Å²) in [6.07, 6.45) is -0.555. The Morgan fingerprint density at radius 1 is 0.577 bits per heavy atom. The molecule has 6 atom stereocenters. The van der Waals surface area contributed by atoms with Gasteiger partial charge in [-0.3, -0.25) is 0 Å². The number of halogens is 1. The number of alkyl halides is 1. The van der Waals surface area contributed by atoms with Crippen LogP contribution in [-0.4, -0.2) is 98.0 Å². The second-order valence-corrected chi connectivity index (χ2v) is 7.03. The van der Waals surface area contributed by atoms with Crippen molar-refractivity contribution in [1.29, 1.82) is 0 Å². The third kappa shape index (κ3) is 18.0. The first-order valence-corrected chi connectivity index (χ1v) is 9.60. The first kappa shape index (κ1) is 28.8. The molecular formula is C18H37AlClO6. The smallest absolute Gasteiger partial charge is 0.0781 e. The van der Waals surface area contributed by atoms with E-state index in [2.05, 4.69) is 0 Å². The number of hydrogen-bond acceptors (Lipinski definition) is 6. The van der Waals surface area contributed by atoms with Crippen LogP contribution in [0, 0.1) is 0 Å². The third-order valence-corrected chi connectivity index (χ3v) is 3.74. The molecule has 0 spiro atoms. The first-order valence-electron chi connectivity index (χ1n) is 9.06. The van der Waals surface area contributed by atoms with Crippen molar-refractivity contribution >= 4 is 29.0 Å². The average molecular weight is 412 g/mol. The molecule has 155 valence electrons. The summed E-state index contributed by atoms with van der Waals surface area (Å²) in [7, 11) is 0. The van der Waals surface area contributed by atoms with Gasteiger partial charge in [0.15, 0.2) is 0 Å². The Hall–Kier alpha value is 0.582. The van der Waals surface area contributed by atoms with Crippen molar-refractivity contribution in [3.8, 4) is 0 Å². The standard InChI is InChI=1S/C18H37ClO6.Al/c1-13(20)8-21-15(3)10-23-17(5)12-25-18(6)11-24-16(4)9-22-14(2)7-19;/h13-18,20H,7-12H2,1-6H3;. The Morgan fingerprint density at radius 3 is 1.12 bits per heavy atom. The zero-order valence-electron chi connectivity index (χ0n) is 17.2. The number of rotatable bonds is 16. The Bertz CT molecular complexity index is 311. The monoisotopic (exact) mass is 411 g/mol. The topological polar surface area (TPSA) is 66.4 Å². The second kappa shape index (κ2) is 17.7. The van der Waals surface area contributed by atoms with Gasteiger partial charge >= 0.3 is 0 Å². The molecule has 0 aliphatic heterocycles. The molecule has 0 saturated carbocycles. The van der Waals surface area contributed by atoms with Gasteiger partial charge in [-0.1, -0.05) is 0 Å². The molecule has 0 aromatic carbocycles. The predicted molar refractivity (Wildman–Crippen MR) is 105 cm³/mol. The van der Waals surface area contributed by atoms with Crippen LogP contribution < -0.4 is 0 Å². The molecular weight excluding hydrogens is 375 g/mol. The van der Waals surface area contributed by atoms with Gasteiger partial charge in [0, 0.05) is 23.2 Å². The van der Waals surface area contributed by atoms with Crippen molar-refractivity contribution in [2.24, 2.45) is 0 Å². The highest BCUT2D eigenvalue weighted by atomic mass is 35.5. The van der Waals surface area contributed by atoms with Crippen LogP contribution in [0.3, 0.4) is 0 Å². The molecule has 0 aromatic heterocycles. The van der Waals surface area contributed by atoms with Gasteiger partial charge in [0.2, 0.25) is 0 Å². The summed E-state index contributed by atoms with van der Waals surface area (Å²) in [5.41, 5.74) is 0. The molecule has 0 aromatic rings. The molecule has 0 rings (SSSR count). The summed E-state index contributed by atoms with van der Waals surface area (Å²) in [5.74, 6) is 0.479. The SMILES string of the molecule is CC(O)COC(C)COC(C)COC(C)COC(C)COC(C)CCl.[Al]. The summed E-state index contributed by atoms with van der Waals surface area (Å²) >= 11 is 5.69. The van der Waals surface area contributed by atoms with E-state index in [1.54, 1.807) is 6.92 Å². The van der Waals surface area contributed by atoms with Crippen molar-refractivity contribution in [2.75, 3.05) is 38.9 Å². The van der Waals surface area contributed by atoms with E-state index in [0.717, 1.165) is 0 Å². The predicted octanol–water partition coefficient (Wildman–Crippen LogP) is 2.25. The van der Waals surface area contributed by atoms with Crippen molar-refractivity contribution < 1.29 is 28.8 Å². The van der Waals surface area contributed by atoms with E-state index in [-0.39, 0.29) is 47.9 Å². The van der Waals surface area contributed by atoms with Crippen molar-refractivity contribution in [2.45, 2.75) is 78.2 Å². The van der Waals surface area contributed by atoms with E-state index in [1.165, 1.54) is 0 Å². The maximum Gasteiger partial charge on any atom is 0.0781 e. The van der Waals surface area contributed by atoms with Crippen LogP contribution in [-0.2, 0) is 23.7 Å². The lowest BCUT2D eigenvalue weighted by Crippen LogP contribution is -2.29. The molecule has 6 unspecified atom stereocenters. The summed E-state index contributed by atoms with van der Waals surface area (Å²) in [4.78, 5) is 0. The van der Waals surface area contributed by atoms with Gasteiger partial charge in [-0.15, -0.1) is 11.6 Å². The molecule has 26 heavy (non-hydrogen) atoms. The molecule has 0 saturated heterocycles. The number of aliphatic hydroxyl groups is 1. The highest BCUT2D eigenvalue weighted by Crippen LogP contribution is 2.03. The van der Waals surface area contributed by atoms with Gasteiger partial charge in [-0.05, 0) is 41.5 Å². The van der Waals surface area contributed by atoms with Crippen molar-refractivity contribution in [1.82, 2.24) is 0 Å². The van der Waals surface area contributed by atoms with Gasteiger partial charge in [0.05, 0.1) is 69.7 Å². The Kier molecular flexibility index (Phi) is 19.6. The molecule has 1 N–H and O–H groups in total. The quantitative estimate of drug-likeness (QED) is 0.310. The fourth-order valence-corrected chi connectivity index (χ4v) is 1.83. The number of aliphatic hydroxyl groups excluding tert-OH is 1. The summed E-state index contributed by atoms with van der Waals surface area (Å²) < 4.78 is 28.1. The van der Waals surface area contributed by atoms with Gasteiger partial charge in [-0.2, -0.15) is 0 Å². The lowest BCUT2D eigenvalue weighted by molar-refractivity contribution is -0.0979. The van der Waals surface area contributed by atoms with E-state index in [0.29, 0.717) is 38.9 Å². The maximum absolute atomic E-state index is 9.18. The average Bonchev–Trinajstić information content (AvgIpc) is 2.58. The van der Waals surface area contributed by atoms with Crippen molar-refractivity contribution in [3.63, 3.8) is 0 Å². The van der Waals surface area contributed by atoms with Crippen LogP contribution >= 0.6 is 11.6 Å². The van der Waals surface area contributed by atoms with Crippen LogP contribution in [0.15, 0.2) is 0 Å². The molecule has 0 aliphatic carbocycles. The first-order chi connectivity index (χ1) is 11.7. The molecule has 8 heteroatoms. The molecule has 6 nitrogen and oxygen atoms in total. The Balaban J connectivity index is 0. The van der Waals surface area contributed by atoms with E-state index in [1.807, 2.05) is 34.6 Å². The summed E-state index contributed by atoms with van der Waals surface area (Å²) in [6.45, 7) is 13.7. The summed E-state index contributed by atoms with van der Waals surface area (Å²) in [5, 5.41) is 9.18. The van der Waals surface area contributed by atoms with Crippen molar-refractivity contribution in [3.05, 3.63) is 0 Å². The van der Waals surface area contributed by atoms with Gasteiger partial charge < -0.3 is 28.8 Å². The van der Waals surface area contributed by atoms with E-state index >= 15 is 0 Å². The fraction of sp³-hybridized carbons (Fsp3) is 1.00. The molecule has 0 aliphatic rings. The van der Waals surface area contributed by atoms with Gasteiger partial charge in [-0.25, -0.2) is 0 Å². The Morgan fingerprint density at radius 2 is 0.846 bits per heavy atom. The maximum atomic E-state index is 9.18. The zero-order chi connectivity index (χ0) is 19.2. The van der Waals surface area contributed by atoms with Crippen LogP contribution in [0.4, 0.5) is 0 Å². The molecule has 0 bridgehead atoms. The van der Waals surface area contributed by atoms with Crippen LogP contribution in [0.5, 0.6) is 0 Å². The number of ether oxygens (including phenoxy) is 5. The lowest BCUT2D eigenvalue weighted by atomic mass is 10.3. The highest BCUT2D eigenvalue weighted by Gasteiger charge is 2.12. The normalized spacial score (nSPS) is 18.5. The molecule has 0 heterocycles. The minimum absolute atomic E-state index is 0. The molecule has 0 amide bonds. The van der Waals surface area contributed by atoms with E-state index < -0.39 is 6.10 Å². The van der Waals surface area contributed by atoms with Gasteiger partial charge in [0.1, 0.15) is 0 Å².